The van der Waals surface area contributed by atoms with Crippen LogP contribution in [0.1, 0.15) is 55.7 Å². The summed E-state index contributed by atoms with van der Waals surface area (Å²) in [7, 11) is -3.59. The molecule has 1 aliphatic carbocycles. The second-order valence-electron chi connectivity index (χ2n) is 10.2. The van der Waals surface area contributed by atoms with Crippen LogP contribution < -0.4 is 10.0 Å². The lowest BCUT2D eigenvalue weighted by Gasteiger charge is -2.36. The van der Waals surface area contributed by atoms with Gasteiger partial charge < -0.3 is 10.4 Å². The van der Waals surface area contributed by atoms with Gasteiger partial charge >= 0.3 is 0 Å². The highest BCUT2D eigenvalue weighted by atomic mass is 32.2. The minimum atomic E-state index is -3.59. The Balaban J connectivity index is 0.00000342. The van der Waals surface area contributed by atoms with Gasteiger partial charge in [0, 0.05) is 13.5 Å². The first-order valence-electron chi connectivity index (χ1n) is 12.6. The smallest absolute Gasteiger partial charge is 0.239 e. The number of hydrogen-bond donors (Lipinski definition) is 3. The zero-order chi connectivity index (χ0) is 25.6. The maximum atomic E-state index is 13.2. The van der Waals surface area contributed by atoms with Crippen molar-refractivity contribution in [1.82, 2.24) is 10.0 Å². The van der Waals surface area contributed by atoms with Gasteiger partial charge in [-0.15, -0.1) is 11.8 Å². The van der Waals surface area contributed by atoms with Gasteiger partial charge in [0.2, 0.25) is 15.9 Å². The molecule has 0 radical (unpaired) electrons. The molecule has 2 aromatic carbocycles. The monoisotopic (exact) mass is 524 g/mol. The van der Waals surface area contributed by atoms with Crippen LogP contribution in [0, 0.1) is 17.8 Å². The molecule has 1 unspecified atom stereocenters. The van der Waals surface area contributed by atoms with E-state index in [1.807, 2.05) is 49.4 Å². The van der Waals surface area contributed by atoms with Crippen molar-refractivity contribution in [3.63, 3.8) is 0 Å². The third-order valence-electron chi connectivity index (χ3n) is 7.21. The Morgan fingerprint density at radius 1 is 1.17 bits per heavy atom. The first kappa shape index (κ1) is 28.0. The summed E-state index contributed by atoms with van der Waals surface area (Å²) in [6.07, 6.45) is 5.14. The van der Waals surface area contributed by atoms with Gasteiger partial charge in [-0.05, 0) is 59.9 Å². The van der Waals surface area contributed by atoms with Crippen molar-refractivity contribution in [1.29, 1.82) is 0 Å². The predicted octanol–water partition coefficient (Wildman–Crippen LogP) is 5.06. The highest BCUT2D eigenvalue weighted by Crippen LogP contribution is 2.36. The molecular weight excluding hydrogens is 480 g/mol. The molecule has 2 aromatic rings. The molecular formula is C27H44N2O4S2. The van der Waals surface area contributed by atoms with E-state index in [1.165, 1.54) is 24.6 Å². The largest absolute Gasteiger partial charge is 0.391 e. The van der Waals surface area contributed by atoms with Gasteiger partial charge in [-0.25, -0.2) is 13.1 Å². The molecule has 3 rings (SSSR count). The number of carbonyl (C=O) groups excluding carboxylic acids is 1. The Morgan fingerprint density at radius 3 is 2.57 bits per heavy atom. The Kier molecular flexibility index (Phi) is 10.0. The summed E-state index contributed by atoms with van der Waals surface area (Å²) in [4.78, 5) is 14.1. The van der Waals surface area contributed by atoms with Crippen LogP contribution in [-0.2, 0) is 14.8 Å². The molecule has 35 heavy (non-hydrogen) atoms. The average Bonchev–Trinajstić information content (AvgIpc) is 2.81. The Hall–Kier alpha value is -1.61. The van der Waals surface area contributed by atoms with Crippen LogP contribution in [0.3, 0.4) is 0 Å². The fourth-order valence-electron chi connectivity index (χ4n) is 5.07. The fourth-order valence-corrected chi connectivity index (χ4v) is 6.85. The van der Waals surface area contributed by atoms with Crippen LogP contribution in [0.15, 0.2) is 47.4 Å². The quantitative estimate of drug-likeness (QED) is 0.357. The van der Waals surface area contributed by atoms with Crippen molar-refractivity contribution in [2.24, 2.45) is 17.8 Å². The number of rotatable bonds is 11. The van der Waals surface area contributed by atoms with Crippen LogP contribution in [-0.4, -0.2) is 49.6 Å². The molecule has 8 heteroatoms. The van der Waals surface area contributed by atoms with Crippen LogP contribution in [0.25, 0.3) is 10.8 Å². The van der Waals surface area contributed by atoms with Crippen molar-refractivity contribution in [2.45, 2.75) is 76.0 Å². The van der Waals surface area contributed by atoms with E-state index >= 15 is 0 Å². The van der Waals surface area contributed by atoms with E-state index in [-0.39, 0.29) is 8.61 Å². The van der Waals surface area contributed by atoms with E-state index in [0.717, 1.165) is 28.3 Å². The third kappa shape index (κ3) is 8.48. The molecule has 1 amide bonds. The molecule has 0 bridgehead atoms. The van der Waals surface area contributed by atoms with Crippen molar-refractivity contribution < 1.29 is 21.2 Å². The molecule has 6 nitrogen and oxygen atoms in total. The number of amides is 1. The molecule has 0 aromatic heterocycles. The molecule has 0 saturated heterocycles. The lowest BCUT2D eigenvalue weighted by molar-refractivity contribution is -0.124. The topological polar surface area (TPSA) is 95.5 Å². The lowest BCUT2D eigenvalue weighted by atomic mass is 9.73. The van der Waals surface area contributed by atoms with Gasteiger partial charge in [-0.1, -0.05) is 63.9 Å². The zero-order valence-electron chi connectivity index (χ0n) is 21.2. The fraction of sp³-hybridized carbons (Fsp3) is 0.593. The number of carbonyl (C=O) groups is 1. The van der Waals surface area contributed by atoms with Crippen LogP contribution in [0.5, 0.6) is 0 Å². The number of sulfonamides is 1. The van der Waals surface area contributed by atoms with Crippen LogP contribution >= 0.6 is 11.8 Å². The van der Waals surface area contributed by atoms with Gasteiger partial charge in [-0.3, -0.25) is 4.79 Å². The molecule has 1 saturated carbocycles. The number of fused-ring (bicyclic) bond motifs is 1. The number of hydrogen-bond acceptors (Lipinski definition) is 5. The Bertz CT molecular complexity index is 1100. The SMILES string of the molecule is CC[C@H](NC(=O)[C@@H](CSc1ccc2ccccc2c1)NS(C)(=O)=O)[C@H](O)CC1C[C@@H](C)CC[C@H]1C.[HH].[HH]. The zero-order valence-corrected chi connectivity index (χ0v) is 22.9. The summed E-state index contributed by atoms with van der Waals surface area (Å²) in [5.74, 6) is 1.51. The van der Waals surface area contributed by atoms with E-state index < -0.39 is 34.1 Å². The normalized spacial score (nSPS) is 23.5. The highest BCUT2D eigenvalue weighted by Gasteiger charge is 2.32. The predicted molar refractivity (Wildman–Crippen MR) is 149 cm³/mol. The van der Waals surface area contributed by atoms with E-state index in [4.69, 9.17) is 0 Å². The molecule has 1 aliphatic rings. The summed E-state index contributed by atoms with van der Waals surface area (Å²) in [6, 6.07) is 12.7. The van der Waals surface area contributed by atoms with Crippen molar-refractivity contribution in [3.8, 4) is 0 Å². The van der Waals surface area contributed by atoms with E-state index in [0.29, 0.717) is 30.6 Å². The van der Waals surface area contributed by atoms with Gasteiger partial charge in [0.05, 0.1) is 18.4 Å². The molecule has 6 atom stereocenters. The summed E-state index contributed by atoms with van der Waals surface area (Å²) < 4.78 is 26.5. The first-order valence-corrected chi connectivity index (χ1v) is 15.5. The number of aliphatic hydroxyl groups excluding tert-OH is 1. The van der Waals surface area contributed by atoms with Crippen molar-refractivity contribution >= 4 is 38.5 Å². The van der Waals surface area contributed by atoms with E-state index in [2.05, 4.69) is 23.9 Å². The van der Waals surface area contributed by atoms with Gasteiger partial charge in [-0.2, -0.15) is 0 Å². The summed E-state index contributed by atoms with van der Waals surface area (Å²) >= 11 is 1.43. The standard InChI is InChI=1S/C27H40N2O4S2.2H2/c1-5-24(26(30)16-22-14-18(2)10-11-19(22)3)28-27(31)25(29-35(4,32)33)17-34-23-13-12-20-8-6-7-9-21(20)15-23;;/h6-9,12-13,15,18-19,22,24-26,29-30H,5,10-11,14,16-17H2,1-4H3,(H,28,31);2*1H/t18-,19+,22?,24-,25+,26+;;/m0../s1. The number of benzene rings is 2. The van der Waals surface area contributed by atoms with E-state index in [1.54, 1.807) is 0 Å². The number of nitrogens with one attached hydrogen (secondary N) is 2. The average molecular weight is 525 g/mol. The molecule has 0 heterocycles. The van der Waals surface area contributed by atoms with E-state index in [9.17, 15) is 18.3 Å². The van der Waals surface area contributed by atoms with Gasteiger partial charge in [0.15, 0.2) is 0 Å². The first-order chi connectivity index (χ1) is 16.6. The lowest BCUT2D eigenvalue weighted by Crippen LogP contribution is -2.53. The number of thioether (sulfide) groups is 1. The summed E-state index contributed by atoms with van der Waals surface area (Å²) in [6.45, 7) is 6.45. The van der Waals surface area contributed by atoms with Crippen LogP contribution in [0.2, 0.25) is 0 Å². The van der Waals surface area contributed by atoms with Crippen LogP contribution in [0.4, 0.5) is 0 Å². The van der Waals surface area contributed by atoms with Crippen molar-refractivity contribution in [3.05, 3.63) is 42.5 Å². The minimum Gasteiger partial charge on any atom is -0.391 e. The van der Waals surface area contributed by atoms with Gasteiger partial charge in [0.25, 0.3) is 0 Å². The third-order valence-corrected chi connectivity index (χ3v) is 9.01. The molecule has 0 aliphatic heterocycles. The van der Waals surface area contributed by atoms with Crippen molar-refractivity contribution in [2.75, 3.05) is 12.0 Å². The molecule has 1 fully saturated rings. The minimum absolute atomic E-state index is 0. The Labute approximate surface area is 217 Å². The highest BCUT2D eigenvalue weighted by molar-refractivity contribution is 7.99. The maximum absolute atomic E-state index is 13.2. The molecule has 0 spiro atoms. The second-order valence-corrected chi connectivity index (χ2v) is 13.1. The summed E-state index contributed by atoms with van der Waals surface area (Å²) in [5.41, 5.74) is 0. The Morgan fingerprint density at radius 2 is 1.89 bits per heavy atom. The van der Waals surface area contributed by atoms with Gasteiger partial charge in [0.1, 0.15) is 6.04 Å². The second kappa shape index (κ2) is 12.6. The molecule has 198 valence electrons. The maximum Gasteiger partial charge on any atom is 0.239 e. The summed E-state index contributed by atoms with van der Waals surface area (Å²) in [5, 5.41) is 16.1. The number of aliphatic hydroxyl groups is 1. The molecule has 3 N–H and O–H groups in total.